The molecule has 0 aliphatic carbocycles. The molecule has 0 saturated heterocycles. The summed E-state index contributed by atoms with van der Waals surface area (Å²) in [7, 11) is 2.18. The lowest BCUT2D eigenvalue weighted by atomic mass is 10.2. The second-order valence-corrected chi connectivity index (χ2v) is 5.72. The van der Waals surface area contributed by atoms with Crippen LogP contribution in [0.25, 0.3) is 0 Å². The molecule has 0 radical (unpaired) electrons. The van der Waals surface area contributed by atoms with Gasteiger partial charge in [0.1, 0.15) is 0 Å². The van der Waals surface area contributed by atoms with E-state index in [9.17, 15) is 0 Å². The molecule has 0 saturated carbocycles. The summed E-state index contributed by atoms with van der Waals surface area (Å²) >= 11 is 0. The van der Waals surface area contributed by atoms with Crippen LogP contribution in [-0.2, 0) is 6.54 Å². The molecule has 0 bridgehead atoms. The summed E-state index contributed by atoms with van der Waals surface area (Å²) in [5.41, 5.74) is 0.985. The number of rotatable bonds is 9. The Balaban J connectivity index is 0.00000484. The van der Waals surface area contributed by atoms with Crippen LogP contribution in [0.2, 0.25) is 0 Å². The first kappa shape index (κ1) is 22.1. The van der Waals surface area contributed by atoms with Crippen molar-refractivity contribution in [3.8, 4) is 0 Å². The number of nitrogens with zero attached hydrogens (tertiary/aromatic N) is 3. The average Bonchev–Trinajstić information content (AvgIpc) is 2.52. The van der Waals surface area contributed by atoms with E-state index in [0.717, 1.165) is 37.7 Å². The molecule has 0 fully saturated rings. The minimum Gasteiger partial charge on any atom is -0.357 e. The fourth-order valence-corrected chi connectivity index (χ4v) is 1.94. The second kappa shape index (κ2) is 13.5. The van der Waals surface area contributed by atoms with E-state index in [1.54, 1.807) is 6.20 Å². The molecule has 0 aromatic carbocycles. The van der Waals surface area contributed by atoms with Gasteiger partial charge in [-0.1, -0.05) is 6.07 Å². The van der Waals surface area contributed by atoms with Crippen molar-refractivity contribution in [3.63, 3.8) is 0 Å². The summed E-state index contributed by atoms with van der Waals surface area (Å²) in [6, 6.07) is 6.52. The van der Waals surface area contributed by atoms with Gasteiger partial charge in [0.15, 0.2) is 5.96 Å². The highest BCUT2D eigenvalue weighted by Gasteiger charge is 2.02. The zero-order chi connectivity index (χ0) is 16.2. The average molecular weight is 433 g/mol. The number of guanidine groups is 1. The molecule has 0 spiro atoms. The summed E-state index contributed by atoms with van der Waals surface area (Å²) in [5, 5.41) is 6.66. The topological polar surface area (TPSA) is 52.6 Å². The maximum Gasteiger partial charge on any atom is 0.191 e. The number of pyridine rings is 1. The SMILES string of the molecule is CCNC(=NCc1ccccn1)NCCCCN(C)C(C)C.I. The fourth-order valence-electron chi connectivity index (χ4n) is 1.94. The Morgan fingerprint density at radius 3 is 2.65 bits per heavy atom. The quantitative estimate of drug-likeness (QED) is 0.272. The van der Waals surface area contributed by atoms with Crippen molar-refractivity contribution >= 4 is 29.9 Å². The third kappa shape index (κ3) is 10.5. The molecule has 0 aliphatic rings. The Hall–Kier alpha value is -0.890. The van der Waals surface area contributed by atoms with Gasteiger partial charge in [-0.3, -0.25) is 4.98 Å². The van der Waals surface area contributed by atoms with Crippen LogP contribution in [0.15, 0.2) is 29.4 Å². The van der Waals surface area contributed by atoms with E-state index in [1.165, 1.54) is 6.42 Å². The zero-order valence-corrected chi connectivity index (χ0v) is 17.2. The molecule has 0 amide bonds. The summed E-state index contributed by atoms with van der Waals surface area (Å²) < 4.78 is 0. The molecule has 132 valence electrons. The molecule has 6 heteroatoms. The van der Waals surface area contributed by atoms with Gasteiger partial charge in [-0.15, -0.1) is 24.0 Å². The first-order valence-corrected chi connectivity index (χ1v) is 8.25. The summed E-state index contributed by atoms with van der Waals surface area (Å²) in [5.74, 6) is 0.866. The number of nitrogens with one attached hydrogen (secondary N) is 2. The van der Waals surface area contributed by atoms with Crippen LogP contribution in [0.5, 0.6) is 0 Å². The Labute approximate surface area is 158 Å². The Morgan fingerprint density at radius 2 is 2.04 bits per heavy atom. The van der Waals surface area contributed by atoms with Crippen molar-refractivity contribution in [2.75, 3.05) is 26.7 Å². The van der Waals surface area contributed by atoms with Crippen molar-refractivity contribution in [1.29, 1.82) is 0 Å². The van der Waals surface area contributed by atoms with Gasteiger partial charge in [0.25, 0.3) is 0 Å². The highest BCUT2D eigenvalue weighted by molar-refractivity contribution is 14.0. The molecule has 5 nitrogen and oxygen atoms in total. The van der Waals surface area contributed by atoms with Gasteiger partial charge in [-0.25, -0.2) is 4.99 Å². The fraction of sp³-hybridized carbons (Fsp3) is 0.647. The van der Waals surface area contributed by atoms with Crippen LogP contribution >= 0.6 is 24.0 Å². The maximum atomic E-state index is 4.57. The first-order chi connectivity index (χ1) is 10.6. The monoisotopic (exact) mass is 433 g/mol. The van der Waals surface area contributed by atoms with Gasteiger partial charge < -0.3 is 15.5 Å². The molecule has 0 aliphatic heterocycles. The molecule has 1 aromatic rings. The van der Waals surface area contributed by atoms with E-state index in [-0.39, 0.29) is 24.0 Å². The third-order valence-electron chi connectivity index (χ3n) is 3.58. The molecular formula is C17H32IN5. The smallest absolute Gasteiger partial charge is 0.191 e. The largest absolute Gasteiger partial charge is 0.357 e. The number of aliphatic imine (C=N–C) groups is 1. The second-order valence-electron chi connectivity index (χ2n) is 5.72. The normalized spacial score (nSPS) is 11.5. The van der Waals surface area contributed by atoms with Crippen molar-refractivity contribution in [2.24, 2.45) is 4.99 Å². The number of hydrogen-bond acceptors (Lipinski definition) is 3. The van der Waals surface area contributed by atoms with Crippen LogP contribution in [0.4, 0.5) is 0 Å². The number of halogens is 1. The predicted molar refractivity (Wildman–Crippen MR) is 109 cm³/mol. The highest BCUT2D eigenvalue weighted by Crippen LogP contribution is 1.98. The molecular weight excluding hydrogens is 401 g/mol. The maximum absolute atomic E-state index is 4.57. The molecule has 2 N–H and O–H groups in total. The van der Waals surface area contributed by atoms with Gasteiger partial charge in [0.2, 0.25) is 0 Å². The minimum atomic E-state index is 0. The lowest BCUT2D eigenvalue weighted by molar-refractivity contribution is 0.268. The molecule has 0 atom stereocenters. The van der Waals surface area contributed by atoms with E-state index in [0.29, 0.717) is 12.6 Å². The molecule has 1 aromatic heterocycles. The van der Waals surface area contributed by atoms with Crippen molar-refractivity contribution in [2.45, 2.75) is 46.2 Å². The third-order valence-corrected chi connectivity index (χ3v) is 3.58. The van der Waals surface area contributed by atoms with Gasteiger partial charge >= 0.3 is 0 Å². The molecule has 1 heterocycles. The van der Waals surface area contributed by atoms with Crippen LogP contribution < -0.4 is 10.6 Å². The van der Waals surface area contributed by atoms with E-state index < -0.39 is 0 Å². The van der Waals surface area contributed by atoms with Gasteiger partial charge in [0.05, 0.1) is 12.2 Å². The molecule has 1 rings (SSSR count). The lowest BCUT2D eigenvalue weighted by Gasteiger charge is -2.20. The van der Waals surface area contributed by atoms with E-state index in [2.05, 4.69) is 53.3 Å². The Bertz CT molecular complexity index is 422. The highest BCUT2D eigenvalue weighted by atomic mass is 127. The number of aromatic nitrogens is 1. The summed E-state index contributed by atoms with van der Waals surface area (Å²) in [4.78, 5) is 11.2. The number of hydrogen-bond donors (Lipinski definition) is 2. The van der Waals surface area contributed by atoms with E-state index in [4.69, 9.17) is 0 Å². The standard InChI is InChI=1S/C17H31N5.HI/c1-5-18-17(21-14-16-10-6-7-11-19-16)20-12-8-9-13-22(4)15(2)3;/h6-7,10-11,15H,5,8-9,12-14H2,1-4H3,(H2,18,20,21);1H. The van der Waals surface area contributed by atoms with Crippen LogP contribution in [0.3, 0.4) is 0 Å². The first-order valence-electron chi connectivity index (χ1n) is 8.25. The van der Waals surface area contributed by atoms with Crippen molar-refractivity contribution in [3.05, 3.63) is 30.1 Å². The van der Waals surface area contributed by atoms with Gasteiger partial charge in [-0.05, 0) is 59.3 Å². The molecule has 23 heavy (non-hydrogen) atoms. The van der Waals surface area contributed by atoms with Crippen molar-refractivity contribution in [1.82, 2.24) is 20.5 Å². The lowest BCUT2D eigenvalue weighted by Crippen LogP contribution is -2.38. The minimum absolute atomic E-state index is 0. The van der Waals surface area contributed by atoms with E-state index in [1.807, 2.05) is 18.2 Å². The van der Waals surface area contributed by atoms with Gasteiger partial charge in [-0.2, -0.15) is 0 Å². The van der Waals surface area contributed by atoms with E-state index >= 15 is 0 Å². The van der Waals surface area contributed by atoms with Crippen LogP contribution in [0, 0.1) is 0 Å². The predicted octanol–water partition coefficient (Wildman–Crippen LogP) is 2.88. The zero-order valence-electron chi connectivity index (χ0n) is 14.9. The van der Waals surface area contributed by atoms with Crippen LogP contribution in [-0.4, -0.2) is 48.6 Å². The summed E-state index contributed by atoms with van der Waals surface area (Å²) in [6.45, 7) is 10.1. The molecule has 0 unspecified atom stereocenters. The summed E-state index contributed by atoms with van der Waals surface area (Å²) in [6.07, 6.45) is 4.14. The Morgan fingerprint density at radius 1 is 1.26 bits per heavy atom. The van der Waals surface area contributed by atoms with Gasteiger partial charge in [0, 0.05) is 25.3 Å². The number of unbranched alkanes of at least 4 members (excludes halogenated alkanes) is 1. The Kier molecular flexibility index (Phi) is 13.0. The van der Waals surface area contributed by atoms with Crippen LogP contribution in [0.1, 0.15) is 39.3 Å². The van der Waals surface area contributed by atoms with Crippen molar-refractivity contribution < 1.29 is 0 Å².